The molecule has 4 heteroatoms. The minimum absolute atomic E-state index is 0.0594. The molecule has 1 fully saturated rings. The van der Waals surface area contributed by atoms with E-state index < -0.39 is 0 Å². The van der Waals surface area contributed by atoms with Crippen LogP contribution in [0.15, 0.2) is 18.3 Å². The van der Waals surface area contributed by atoms with Crippen LogP contribution in [0.1, 0.15) is 30.5 Å². The lowest BCUT2D eigenvalue weighted by atomic mass is 10.1. The number of pyridine rings is 1. The van der Waals surface area contributed by atoms with Crippen LogP contribution in [0.2, 0.25) is 0 Å². The van der Waals surface area contributed by atoms with E-state index in [4.69, 9.17) is 0 Å². The summed E-state index contributed by atoms with van der Waals surface area (Å²) < 4.78 is 0. The van der Waals surface area contributed by atoms with Crippen LogP contribution in [-0.4, -0.2) is 30.0 Å². The normalized spacial score (nSPS) is 19.5. The summed E-state index contributed by atoms with van der Waals surface area (Å²) >= 11 is 0. The van der Waals surface area contributed by atoms with E-state index in [0.717, 1.165) is 30.8 Å². The van der Waals surface area contributed by atoms with Gasteiger partial charge in [0.1, 0.15) is 0 Å². The molecule has 1 atom stereocenters. The molecular formula is C14H21N3O. The Bertz CT molecular complexity index is 400. The fourth-order valence-corrected chi connectivity index (χ4v) is 2.25. The van der Waals surface area contributed by atoms with Gasteiger partial charge in [-0.15, -0.1) is 0 Å². The molecule has 1 aromatic rings. The first-order valence-corrected chi connectivity index (χ1v) is 6.66. The lowest BCUT2D eigenvalue weighted by Gasteiger charge is -2.23. The Labute approximate surface area is 108 Å². The zero-order valence-electron chi connectivity index (χ0n) is 10.9. The van der Waals surface area contributed by atoms with Crippen molar-refractivity contribution in [1.29, 1.82) is 0 Å². The van der Waals surface area contributed by atoms with Crippen LogP contribution < -0.4 is 10.6 Å². The zero-order valence-corrected chi connectivity index (χ0v) is 10.9. The number of carbonyl (C=O) groups excluding carboxylic acids is 1. The largest absolute Gasteiger partial charge is 0.354 e. The molecule has 98 valence electrons. The SMILES string of the molecule is Cc1cccnc1CC(=O)NCC1CCCCN1. The van der Waals surface area contributed by atoms with E-state index in [0.29, 0.717) is 12.5 Å². The smallest absolute Gasteiger partial charge is 0.226 e. The average molecular weight is 247 g/mol. The molecule has 1 aromatic heterocycles. The van der Waals surface area contributed by atoms with E-state index in [9.17, 15) is 4.79 Å². The van der Waals surface area contributed by atoms with Gasteiger partial charge in [-0.3, -0.25) is 9.78 Å². The van der Waals surface area contributed by atoms with Gasteiger partial charge in [-0.05, 0) is 37.9 Å². The second-order valence-electron chi connectivity index (χ2n) is 4.89. The Morgan fingerprint density at radius 3 is 3.17 bits per heavy atom. The van der Waals surface area contributed by atoms with Gasteiger partial charge in [0.2, 0.25) is 5.91 Å². The highest BCUT2D eigenvalue weighted by atomic mass is 16.1. The van der Waals surface area contributed by atoms with Crippen molar-refractivity contribution in [3.05, 3.63) is 29.6 Å². The van der Waals surface area contributed by atoms with Crippen LogP contribution in [0.25, 0.3) is 0 Å². The van der Waals surface area contributed by atoms with Gasteiger partial charge in [0.15, 0.2) is 0 Å². The number of rotatable bonds is 4. The van der Waals surface area contributed by atoms with Crippen molar-refractivity contribution >= 4 is 5.91 Å². The highest BCUT2D eigenvalue weighted by Crippen LogP contribution is 2.06. The molecule has 4 nitrogen and oxygen atoms in total. The molecule has 0 spiro atoms. The van der Waals surface area contributed by atoms with Gasteiger partial charge in [-0.25, -0.2) is 0 Å². The van der Waals surface area contributed by atoms with Gasteiger partial charge >= 0.3 is 0 Å². The van der Waals surface area contributed by atoms with Gasteiger partial charge in [-0.2, -0.15) is 0 Å². The summed E-state index contributed by atoms with van der Waals surface area (Å²) in [6.45, 7) is 3.78. The lowest BCUT2D eigenvalue weighted by molar-refractivity contribution is -0.120. The molecule has 0 bridgehead atoms. The van der Waals surface area contributed by atoms with Gasteiger partial charge in [0.05, 0.1) is 12.1 Å². The van der Waals surface area contributed by atoms with Crippen molar-refractivity contribution in [2.24, 2.45) is 0 Å². The average Bonchev–Trinajstić information content (AvgIpc) is 2.40. The fraction of sp³-hybridized carbons (Fsp3) is 0.571. The molecule has 1 amide bonds. The number of aryl methyl sites for hydroxylation is 1. The Morgan fingerprint density at radius 2 is 2.44 bits per heavy atom. The van der Waals surface area contributed by atoms with Gasteiger partial charge < -0.3 is 10.6 Å². The van der Waals surface area contributed by atoms with E-state index in [1.807, 2.05) is 19.1 Å². The van der Waals surface area contributed by atoms with Crippen molar-refractivity contribution in [2.45, 2.75) is 38.6 Å². The number of hydrogen-bond donors (Lipinski definition) is 2. The predicted molar refractivity (Wildman–Crippen MR) is 71.3 cm³/mol. The lowest BCUT2D eigenvalue weighted by Crippen LogP contribution is -2.43. The van der Waals surface area contributed by atoms with Crippen LogP contribution in [0.5, 0.6) is 0 Å². The Kier molecular flexibility index (Phi) is 4.70. The number of hydrogen-bond acceptors (Lipinski definition) is 3. The zero-order chi connectivity index (χ0) is 12.8. The second-order valence-corrected chi connectivity index (χ2v) is 4.89. The first kappa shape index (κ1) is 13.0. The summed E-state index contributed by atoms with van der Waals surface area (Å²) in [6.07, 6.45) is 5.77. The third kappa shape index (κ3) is 3.81. The minimum Gasteiger partial charge on any atom is -0.354 e. The molecule has 1 saturated heterocycles. The number of nitrogens with one attached hydrogen (secondary N) is 2. The van der Waals surface area contributed by atoms with Crippen LogP contribution in [0.4, 0.5) is 0 Å². The van der Waals surface area contributed by atoms with Crippen LogP contribution in [-0.2, 0) is 11.2 Å². The summed E-state index contributed by atoms with van der Waals surface area (Å²) in [5.74, 6) is 0.0594. The van der Waals surface area contributed by atoms with Crippen molar-refractivity contribution in [3.63, 3.8) is 0 Å². The van der Waals surface area contributed by atoms with E-state index in [-0.39, 0.29) is 5.91 Å². The summed E-state index contributed by atoms with van der Waals surface area (Å²) in [5, 5.41) is 6.41. The second kappa shape index (κ2) is 6.50. The van der Waals surface area contributed by atoms with Crippen LogP contribution in [0.3, 0.4) is 0 Å². The number of aromatic nitrogens is 1. The Hall–Kier alpha value is -1.42. The first-order valence-electron chi connectivity index (χ1n) is 6.66. The van der Waals surface area contributed by atoms with E-state index >= 15 is 0 Å². The molecular weight excluding hydrogens is 226 g/mol. The molecule has 2 heterocycles. The molecule has 0 radical (unpaired) electrons. The molecule has 1 aliphatic rings. The minimum atomic E-state index is 0.0594. The van der Waals surface area contributed by atoms with Crippen molar-refractivity contribution in [1.82, 2.24) is 15.6 Å². The molecule has 18 heavy (non-hydrogen) atoms. The monoisotopic (exact) mass is 247 g/mol. The molecule has 0 aliphatic carbocycles. The van der Waals surface area contributed by atoms with E-state index in [1.165, 1.54) is 12.8 Å². The molecule has 2 N–H and O–H groups in total. The maximum Gasteiger partial charge on any atom is 0.226 e. The highest BCUT2D eigenvalue weighted by Gasteiger charge is 2.14. The van der Waals surface area contributed by atoms with Gasteiger partial charge in [0.25, 0.3) is 0 Å². The number of piperidine rings is 1. The summed E-state index contributed by atoms with van der Waals surface area (Å²) in [4.78, 5) is 16.1. The summed E-state index contributed by atoms with van der Waals surface area (Å²) in [5.41, 5.74) is 1.94. The van der Waals surface area contributed by atoms with Gasteiger partial charge in [-0.1, -0.05) is 12.5 Å². The van der Waals surface area contributed by atoms with Crippen LogP contribution in [0, 0.1) is 6.92 Å². The molecule has 1 unspecified atom stereocenters. The standard InChI is InChI=1S/C14H21N3O/c1-11-5-4-8-16-13(11)9-14(18)17-10-12-6-2-3-7-15-12/h4-5,8,12,15H,2-3,6-7,9-10H2,1H3,(H,17,18). The third-order valence-electron chi connectivity index (χ3n) is 3.40. The summed E-state index contributed by atoms with van der Waals surface area (Å²) in [7, 11) is 0. The molecule has 2 rings (SSSR count). The molecule has 0 aromatic carbocycles. The quantitative estimate of drug-likeness (QED) is 0.840. The molecule has 0 saturated carbocycles. The third-order valence-corrected chi connectivity index (χ3v) is 3.40. The number of nitrogens with zero attached hydrogens (tertiary/aromatic N) is 1. The van der Waals surface area contributed by atoms with Gasteiger partial charge in [0, 0.05) is 18.8 Å². The fourth-order valence-electron chi connectivity index (χ4n) is 2.25. The van der Waals surface area contributed by atoms with Crippen molar-refractivity contribution < 1.29 is 4.79 Å². The van der Waals surface area contributed by atoms with Crippen LogP contribution >= 0.6 is 0 Å². The van der Waals surface area contributed by atoms with Crippen molar-refractivity contribution in [3.8, 4) is 0 Å². The number of carbonyl (C=O) groups is 1. The van der Waals surface area contributed by atoms with E-state index in [2.05, 4.69) is 15.6 Å². The predicted octanol–water partition coefficient (Wildman–Crippen LogP) is 1.19. The Balaban J connectivity index is 1.76. The summed E-state index contributed by atoms with van der Waals surface area (Å²) in [6, 6.07) is 4.31. The van der Waals surface area contributed by atoms with Crippen molar-refractivity contribution in [2.75, 3.05) is 13.1 Å². The highest BCUT2D eigenvalue weighted by molar-refractivity contribution is 5.78. The maximum atomic E-state index is 11.8. The molecule has 1 aliphatic heterocycles. The maximum absolute atomic E-state index is 11.8. The first-order chi connectivity index (χ1) is 8.75. The van der Waals surface area contributed by atoms with E-state index in [1.54, 1.807) is 6.20 Å². The number of amides is 1. The topological polar surface area (TPSA) is 54.0 Å². The Morgan fingerprint density at radius 1 is 1.56 bits per heavy atom.